The van der Waals surface area contributed by atoms with E-state index in [-0.39, 0.29) is 0 Å². The summed E-state index contributed by atoms with van der Waals surface area (Å²) in [5.41, 5.74) is 0.889. The zero-order chi connectivity index (χ0) is 11.8. The molecule has 0 aliphatic carbocycles. The van der Waals surface area contributed by atoms with E-state index in [1.165, 1.54) is 6.42 Å². The van der Waals surface area contributed by atoms with Crippen molar-refractivity contribution in [2.75, 3.05) is 13.1 Å². The van der Waals surface area contributed by atoms with E-state index in [0.29, 0.717) is 16.1 Å². The number of piperidine rings is 1. The second-order valence-electron chi connectivity index (χ2n) is 4.40. The molecule has 1 fully saturated rings. The van der Waals surface area contributed by atoms with Crippen LogP contribution in [-0.4, -0.2) is 22.5 Å². The Kier molecular flexibility index (Phi) is 2.99. The summed E-state index contributed by atoms with van der Waals surface area (Å²) in [5, 5.41) is 4.62. The Hall–Kier alpha value is -0.770. The molecule has 1 saturated heterocycles. The Morgan fingerprint density at radius 3 is 3.06 bits per heavy atom. The molecule has 0 saturated carbocycles. The van der Waals surface area contributed by atoms with Crippen LogP contribution in [0.25, 0.3) is 5.52 Å². The Morgan fingerprint density at radius 1 is 1.41 bits per heavy atom. The van der Waals surface area contributed by atoms with Gasteiger partial charge in [0.05, 0.1) is 5.52 Å². The molecule has 0 amide bonds. The van der Waals surface area contributed by atoms with Crippen molar-refractivity contribution in [3.63, 3.8) is 0 Å². The van der Waals surface area contributed by atoms with Gasteiger partial charge in [-0.15, -0.1) is 0 Å². The van der Waals surface area contributed by atoms with Crippen LogP contribution < -0.4 is 5.32 Å². The van der Waals surface area contributed by atoms with Gasteiger partial charge in [-0.05, 0) is 31.5 Å². The number of hydrogen-bond acceptors (Lipinski definition) is 2. The Bertz CT molecular complexity index is 544. The first kappa shape index (κ1) is 11.3. The fourth-order valence-electron chi connectivity index (χ4n) is 2.40. The molecule has 2 aromatic rings. The molecule has 1 aliphatic rings. The molecule has 1 N–H and O–H groups in total. The van der Waals surface area contributed by atoms with Crippen LogP contribution in [0.5, 0.6) is 0 Å². The quantitative estimate of drug-likeness (QED) is 0.862. The molecule has 3 rings (SSSR count). The molecule has 0 bridgehead atoms. The molecule has 90 valence electrons. The summed E-state index contributed by atoms with van der Waals surface area (Å²) in [6, 6.07) is 3.73. The third-order valence-corrected chi connectivity index (χ3v) is 3.76. The van der Waals surface area contributed by atoms with Gasteiger partial charge in [-0.3, -0.25) is 0 Å². The number of halogens is 2. The van der Waals surface area contributed by atoms with Crippen molar-refractivity contribution in [2.45, 2.75) is 18.8 Å². The van der Waals surface area contributed by atoms with Crippen LogP contribution in [0.15, 0.2) is 18.3 Å². The minimum atomic E-state index is 0.435. The van der Waals surface area contributed by atoms with Crippen molar-refractivity contribution in [3.8, 4) is 0 Å². The van der Waals surface area contributed by atoms with Crippen molar-refractivity contribution in [1.29, 1.82) is 0 Å². The van der Waals surface area contributed by atoms with Gasteiger partial charge in [0.15, 0.2) is 5.15 Å². The summed E-state index contributed by atoms with van der Waals surface area (Å²) in [7, 11) is 0. The lowest BCUT2D eigenvalue weighted by Gasteiger charge is -2.21. The van der Waals surface area contributed by atoms with Gasteiger partial charge in [-0.25, -0.2) is 4.98 Å². The first-order valence-corrected chi connectivity index (χ1v) is 6.55. The van der Waals surface area contributed by atoms with Gasteiger partial charge < -0.3 is 9.72 Å². The largest absolute Gasteiger partial charge is 0.316 e. The lowest BCUT2D eigenvalue weighted by Crippen LogP contribution is -2.29. The normalized spacial score (nSPS) is 20.9. The summed E-state index contributed by atoms with van der Waals surface area (Å²) in [6.07, 6.45) is 4.29. The van der Waals surface area contributed by atoms with Gasteiger partial charge in [0.2, 0.25) is 0 Å². The first-order chi connectivity index (χ1) is 8.25. The molecule has 0 aromatic carbocycles. The van der Waals surface area contributed by atoms with Gasteiger partial charge in [0, 0.05) is 23.7 Å². The molecular formula is C12H13Cl2N3. The Labute approximate surface area is 110 Å². The van der Waals surface area contributed by atoms with Crippen LogP contribution in [0.2, 0.25) is 10.2 Å². The zero-order valence-corrected chi connectivity index (χ0v) is 10.8. The van der Waals surface area contributed by atoms with Crippen LogP contribution in [0.3, 0.4) is 0 Å². The van der Waals surface area contributed by atoms with E-state index >= 15 is 0 Å². The average molecular weight is 270 g/mol. The standard InChI is InChI=1S/C12H13Cl2N3/c13-9-3-5-17-10(6-9)11(14)16-12(17)8-2-1-4-15-7-8/h3,5-6,8,15H,1-2,4,7H2. The van der Waals surface area contributed by atoms with Crippen LogP contribution in [0.1, 0.15) is 24.6 Å². The highest BCUT2D eigenvalue weighted by atomic mass is 35.5. The van der Waals surface area contributed by atoms with Crippen LogP contribution in [0.4, 0.5) is 0 Å². The highest BCUT2D eigenvalue weighted by molar-refractivity contribution is 6.34. The van der Waals surface area contributed by atoms with Crippen LogP contribution in [0, 0.1) is 0 Å². The molecule has 3 heterocycles. The summed E-state index contributed by atoms with van der Waals surface area (Å²) in [6.45, 7) is 2.07. The van der Waals surface area contributed by atoms with E-state index in [0.717, 1.165) is 30.9 Å². The first-order valence-electron chi connectivity index (χ1n) is 5.79. The average Bonchev–Trinajstić information content (AvgIpc) is 2.68. The van der Waals surface area contributed by atoms with E-state index in [9.17, 15) is 0 Å². The van der Waals surface area contributed by atoms with Gasteiger partial charge in [-0.2, -0.15) is 0 Å². The highest BCUT2D eigenvalue weighted by Crippen LogP contribution is 2.28. The predicted octanol–water partition coefficient (Wildman–Crippen LogP) is 3.11. The second-order valence-corrected chi connectivity index (χ2v) is 5.20. The van der Waals surface area contributed by atoms with Crippen molar-refractivity contribution in [2.24, 2.45) is 0 Å². The summed E-state index contributed by atoms with van der Waals surface area (Å²) >= 11 is 12.1. The van der Waals surface area contributed by atoms with Crippen molar-refractivity contribution in [3.05, 3.63) is 34.3 Å². The number of aromatic nitrogens is 2. The molecule has 17 heavy (non-hydrogen) atoms. The number of fused-ring (bicyclic) bond motifs is 1. The smallest absolute Gasteiger partial charge is 0.155 e. The van der Waals surface area contributed by atoms with Crippen molar-refractivity contribution in [1.82, 2.24) is 14.7 Å². The summed E-state index contributed by atoms with van der Waals surface area (Å²) in [4.78, 5) is 4.48. The van der Waals surface area contributed by atoms with Crippen molar-refractivity contribution < 1.29 is 0 Å². The maximum absolute atomic E-state index is 6.16. The third-order valence-electron chi connectivity index (χ3n) is 3.25. The molecule has 0 radical (unpaired) electrons. The van der Waals surface area contributed by atoms with Gasteiger partial charge >= 0.3 is 0 Å². The molecule has 1 aliphatic heterocycles. The minimum Gasteiger partial charge on any atom is -0.316 e. The Balaban J connectivity index is 2.10. The minimum absolute atomic E-state index is 0.435. The maximum atomic E-state index is 6.16. The monoisotopic (exact) mass is 269 g/mol. The number of imidazole rings is 1. The highest BCUT2D eigenvalue weighted by Gasteiger charge is 2.21. The molecule has 1 atom stereocenters. The second kappa shape index (κ2) is 4.48. The summed E-state index contributed by atoms with van der Waals surface area (Å²) < 4.78 is 2.05. The van der Waals surface area contributed by atoms with E-state index in [1.807, 2.05) is 22.7 Å². The Morgan fingerprint density at radius 2 is 2.29 bits per heavy atom. The van der Waals surface area contributed by atoms with Gasteiger partial charge in [0.25, 0.3) is 0 Å². The molecular weight excluding hydrogens is 257 g/mol. The van der Waals surface area contributed by atoms with E-state index < -0.39 is 0 Å². The number of nitrogens with zero attached hydrogens (tertiary/aromatic N) is 2. The lowest BCUT2D eigenvalue weighted by molar-refractivity contribution is 0.445. The molecule has 0 spiro atoms. The number of nitrogens with one attached hydrogen (secondary N) is 1. The van der Waals surface area contributed by atoms with E-state index in [2.05, 4.69) is 10.3 Å². The lowest BCUT2D eigenvalue weighted by atomic mass is 9.99. The molecule has 2 aromatic heterocycles. The van der Waals surface area contributed by atoms with E-state index in [4.69, 9.17) is 23.2 Å². The van der Waals surface area contributed by atoms with E-state index in [1.54, 1.807) is 0 Å². The number of rotatable bonds is 1. The summed E-state index contributed by atoms with van der Waals surface area (Å²) in [5.74, 6) is 1.47. The maximum Gasteiger partial charge on any atom is 0.155 e. The number of hydrogen-bond donors (Lipinski definition) is 1. The third kappa shape index (κ3) is 2.03. The van der Waals surface area contributed by atoms with Crippen LogP contribution in [-0.2, 0) is 0 Å². The fraction of sp³-hybridized carbons (Fsp3) is 0.417. The number of pyridine rings is 1. The topological polar surface area (TPSA) is 29.3 Å². The fourth-order valence-corrected chi connectivity index (χ4v) is 2.80. The van der Waals surface area contributed by atoms with Crippen molar-refractivity contribution >= 4 is 28.7 Å². The van der Waals surface area contributed by atoms with Gasteiger partial charge in [0.1, 0.15) is 5.82 Å². The predicted molar refractivity (Wildman–Crippen MR) is 70.1 cm³/mol. The van der Waals surface area contributed by atoms with Crippen LogP contribution >= 0.6 is 23.2 Å². The molecule has 3 nitrogen and oxygen atoms in total. The molecule has 1 unspecified atom stereocenters. The molecule has 5 heteroatoms. The van der Waals surface area contributed by atoms with Gasteiger partial charge in [-0.1, -0.05) is 23.2 Å². The SMILES string of the molecule is Clc1ccn2c(C3CCCNC3)nc(Cl)c2c1. The zero-order valence-electron chi connectivity index (χ0n) is 9.29.